The van der Waals surface area contributed by atoms with Gasteiger partial charge < -0.3 is 9.73 Å². The zero-order chi connectivity index (χ0) is 24.1. The molecule has 8 heteroatoms. The molecule has 0 aliphatic heterocycles. The molecule has 0 saturated carbocycles. The van der Waals surface area contributed by atoms with Crippen LogP contribution in [0.4, 0.5) is 5.69 Å². The molecule has 0 atom stereocenters. The van der Waals surface area contributed by atoms with Gasteiger partial charge in [0.2, 0.25) is 15.9 Å². The smallest absolute Gasteiger partial charge is 0.242 e. The Labute approximate surface area is 199 Å². The molecule has 1 aromatic heterocycles. The molecule has 0 spiro atoms. The number of nitrogens with one attached hydrogen (secondary N) is 1. The van der Waals surface area contributed by atoms with E-state index >= 15 is 0 Å². The molecule has 174 valence electrons. The number of carbonyl (C=O) groups excluding carboxylic acids is 1. The number of nitrogens with zero attached hydrogens (tertiary/aromatic N) is 2. The van der Waals surface area contributed by atoms with E-state index in [2.05, 4.69) is 10.3 Å². The lowest BCUT2D eigenvalue weighted by Crippen LogP contribution is -2.22. The van der Waals surface area contributed by atoms with E-state index in [0.717, 1.165) is 21.1 Å². The highest BCUT2D eigenvalue weighted by Gasteiger charge is 2.19. The highest BCUT2D eigenvalue weighted by Crippen LogP contribution is 2.32. The van der Waals surface area contributed by atoms with Crippen molar-refractivity contribution < 1.29 is 17.6 Å². The molecular weight excluding hydrogens is 450 g/mol. The van der Waals surface area contributed by atoms with Gasteiger partial charge in [0.25, 0.3) is 0 Å². The van der Waals surface area contributed by atoms with Crippen molar-refractivity contribution in [3.63, 3.8) is 0 Å². The summed E-state index contributed by atoms with van der Waals surface area (Å²) in [6.07, 6.45) is 0.432. The quantitative estimate of drug-likeness (QED) is 0.394. The maximum Gasteiger partial charge on any atom is 0.242 e. The predicted octanol–water partition coefficient (Wildman–Crippen LogP) is 4.83. The van der Waals surface area contributed by atoms with Gasteiger partial charge in [-0.05, 0) is 18.2 Å². The molecule has 34 heavy (non-hydrogen) atoms. The molecule has 7 nitrogen and oxygen atoms in total. The maximum atomic E-state index is 12.6. The number of aryl methyl sites for hydroxylation is 1. The topological polar surface area (TPSA) is 92.5 Å². The van der Waals surface area contributed by atoms with Crippen molar-refractivity contribution in [1.82, 2.24) is 9.29 Å². The van der Waals surface area contributed by atoms with Crippen LogP contribution in [0.5, 0.6) is 0 Å². The molecule has 1 heterocycles. The summed E-state index contributed by atoms with van der Waals surface area (Å²) in [6.45, 7) is 0. The first-order chi connectivity index (χ1) is 16.3. The molecule has 4 rings (SSSR count). The van der Waals surface area contributed by atoms with Crippen molar-refractivity contribution >= 4 is 21.6 Å². The zero-order valence-corrected chi connectivity index (χ0v) is 19.7. The summed E-state index contributed by atoms with van der Waals surface area (Å²) in [5.41, 5.74) is 2.97. The van der Waals surface area contributed by atoms with Crippen LogP contribution in [0.1, 0.15) is 12.3 Å². The van der Waals surface area contributed by atoms with E-state index in [1.165, 1.54) is 26.2 Å². The van der Waals surface area contributed by atoms with Crippen LogP contribution in [0.25, 0.3) is 22.6 Å². The van der Waals surface area contributed by atoms with Crippen molar-refractivity contribution in [2.45, 2.75) is 17.7 Å². The van der Waals surface area contributed by atoms with Gasteiger partial charge in [0.15, 0.2) is 11.7 Å². The number of rotatable bonds is 8. The Morgan fingerprint density at radius 3 is 2.21 bits per heavy atom. The first kappa shape index (κ1) is 23.4. The second kappa shape index (κ2) is 10.0. The summed E-state index contributed by atoms with van der Waals surface area (Å²) >= 11 is 0. The summed E-state index contributed by atoms with van der Waals surface area (Å²) in [5, 5.41) is 2.76. The number of anilines is 1. The van der Waals surface area contributed by atoms with E-state index in [0.29, 0.717) is 23.8 Å². The minimum absolute atomic E-state index is 0.114. The van der Waals surface area contributed by atoms with Gasteiger partial charge in [-0.2, -0.15) is 0 Å². The number of hydrogen-bond donors (Lipinski definition) is 1. The molecule has 1 N–H and O–H groups in total. The molecular formula is C26H25N3O4S. The SMILES string of the molecule is CN(C)S(=O)(=O)c1cccc(NC(=O)CCc2nc(-c3ccccc3)c(-c3ccccc3)o2)c1. The molecule has 0 aliphatic carbocycles. The van der Waals surface area contributed by atoms with Crippen LogP contribution in [0.3, 0.4) is 0 Å². The lowest BCUT2D eigenvalue weighted by molar-refractivity contribution is -0.116. The summed E-state index contributed by atoms with van der Waals surface area (Å²) in [5.74, 6) is 0.848. The second-order valence-corrected chi connectivity index (χ2v) is 10.0. The van der Waals surface area contributed by atoms with Crippen LogP contribution in [0, 0.1) is 0 Å². The molecule has 4 aromatic rings. The largest absolute Gasteiger partial charge is 0.440 e. The molecule has 0 aliphatic rings. The standard InChI is InChI=1S/C26H25N3O4S/c1-29(2)34(31,32)22-15-9-14-21(18-22)27-23(30)16-17-24-28-25(19-10-5-3-6-11-19)26(33-24)20-12-7-4-8-13-20/h3-15,18H,16-17H2,1-2H3,(H,27,30). The maximum absolute atomic E-state index is 12.6. The Balaban J connectivity index is 1.50. The van der Waals surface area contributed by atoms with Gasteiger partial charge in [-0.3, -0.25) is 4.79 Å². The zero-order valence-electron chi connectivity index (χ0n) is 18.9. The Kier molecular flexibility index (Phi) is 6.90. The van der Waals surface area contributed by atoms with Crippen LogP contribution in [-0.2, 0) is 21.2 Å². The predicted molar refractivity (Wildman–Crippen MR) is 132 cm³/mol. The number of benzene rings is 3. The summed E-state index contributed by atoms with van der Waals surface area (Å²) < 4.78 is 31.9. The fourth-order valence-corrected chi connectivity index (χ4v) is 4.39. The van der Waals surface area contributed by atoms with Crippen molar-refractivity contribution in [1.29, 1.82) is 0 Å². The van der Waals surface area contributed by atoms with Gasteiger partial charge in [-0.1, -0.05) is 66.7 Å². The fraction of sp³-hybridized carbons (Fsp3) is 0.154. The van der Waals surface area contributed by atoms with Gasteiger partial charge in [-0.15, -0.1) is 0 Å². The van der Waals surface area contributed by atoms with Crippen LogP contribution in [0.15, 0.2) is 94.2 Å². The number of aromatic nitrogens is 1. The number of hydrogen-bond acceptors (Lipinski definition) is 5. The van der Waals surface area contributed by atoms with Crippen LogP contribution in [-0.4, -0.2) is 37.7 Å². The first-order valence-corrected chi connectivity index (χ1v) is 12.2. The fourth-order valence-electron chi connectivity index (χ4n) is 3.44. The number of oxazole rings is 1. The second-order valence-electron chi connectivity index (χ2n) is 7.88. The number of carbonyl (C=O) groups is 1. The van der Waals surface area contributed by atoms with E-state index < -0.39 is 10.0 Å². The molecule has 0 fully saturated rings. The monoisotopic (exact) mass is 475 g/mol. The van der Waals surface area contributed by atoms with Gasteiger partial charge >= 0.3 is 0 Å². The first-order valence-electron chi connectivity index (χ1n) is 10.8. The summed E-state index contributed by atoms with van der Waals surface area (Å²) in [6, 6.07) is 25.7. The summed E-state index contributed by atoms with van der Waals surface area (Å²) in [7, 11) is -0.663. The van der Waals surface area contributed by atoms with Crippen LogP contribution >= 0.6 is 0 Å². The Hall–Kier alpha value is -3.75. The minimum atomic E-state index is -3.59. The third kappa shape index (κ3) is 5.24. The van der Waals surface area contributed by atoms with Crippen molar-refractivity contribution in [2.75, 3.05) is 19.4 Å². The molecule has 3 aromatic carbocycles. The van der Waals surface area contributed by atoms with E-state index in [1.54, 1.807) is 12.1 Å². The van der Waals surface area contributed by atoms with Gasteiger partial charge in [0.05, 0.1) is 4.90 Å². The number of sulfonamides is 1. The molecule has 0 unspecified atom stereocenters. The van der Waals surface area contributed by atoms with E-state index in [1.807, 2.05) is 60.7 Å². The molecule has 1 amide bonds. The molecule has 0 saturated heterocycles. The van der Waals surface area contributed by atoms with E-state index in [-0.39, 0.29) is 17.2 Å². The number of amides is 1. The van der Waals surface area contributed by atoms with Crippen molar-refractivity contribution in [3.8, 4) is 22.6 Å². The van der Waals surface area contributed by atoms with Crippen LogP contribution < -0.4 is 5.32 Å². The normalized spacial score (nSPS) is 11.5. The average molecular weight is 476 g/mol. The van der Waals surface area contributed by atoms with Crippen LogP contribution in [0.2, 0.25) is 0 Å². The van der Waals surface area contributed by atoms with Crippen molar-refractivity contribution in [3.05, 3.63) is 90.8 Å². The van der Waals surface area contributed by atoms with E-state index in [9.17, 15) is 13.2 Å². The third-order valence-electron chi connectivity index (χ3n) is 5.22. The molecule has 0 bridgehead atoms. The average Bonchev–Trinajstić information content (AvgIpc) is 3.28. The lowest BCUT2D eigenvalue weighted by Gasteiger charge is -2.12. The Bertz CT molecular complexity index is 1330. The Morgan fingerprint density at radius 1 is 0.912 bits per heavy atom. The molecule has 0 radical (unpaired) electrons. The van der Waals surface area contributed by atoms with Crippen molar-refractivity contribution in [2.24, 2.45) is 0 Å². The lowest BCUT2D eigenvalue weighted by atomic mass is 10.1. The van der Waals surface area contributed by atoms with E-state index in [4.69, 9.17) is 4.42 Å². The van der Waals surface area contributed by atoms with Gasteiger partial charge in [0.1, 0.15) is 5.69 Å². The summed E-state index contributed by atoms with van der Waals surface area (Å²) in [4.78, 5) is 17.4. The highest BCUT2D eigenvalue weighted by atomic mass is 32.2. The van der Waals surface area contributed by atoms with Gasteiger partial charge in [0, 0.05) is 43.8 Å². The highest BCUT2D eigenvalue weighted by molar-refractivity contribution is 7.89. The van der Waals surface area contributed by atoms with Gasteiger partial charge in [-0.25, -0.2) is 17.7 Å². The Morgan fingerprint density at radius 2 is 1.56 bits per heavy atom. The minimum Gasteiger partial charge on any atom is -0.440 e. The third-order valence-corrected chi connectivity index (χ3v) is 7.03.